The predicted molar refractivity (Wildman–Crippen MR) is 88.7 cm³/mol. The van der Waals surface area contributed by atoms with E-state index in [4.69, 9.17) is 5.11 Å². The molecule has 0 heterocycles. The summed E-state index contributed by atoms with van der Waals surface area (Å²) >= 11 is 3.64. The summed E-state index contributed by atoms with van der Waals surface area (Å²) in [5.41, 5.74) is 2.52. The fraction of sp³-hybridized carbons (Fsp3) is 0.500. The molecule has 0 aliphatic heterocycles. The third-order valence-corrected chi connectivity index (χ3v) is 3.81. The standard InChI is InChI=1S/C16H25BrN2O/c1-3-7-18-12-14-5-6-15(16(17)11-14)13-19(8-4-2)9-10-20/h4-6,11,18,20H,2-3,7-10,12-13H2,1H3. The molecule has 112 valence electrons. The minimum atomic E-state index is 0.171. The molecule has 1 rings (SSSR count). The number of hydrogen-bond donors (Lipinski definition) is 2. The number of benzene rings is 1. The zero-order chi connectivity index (χ0) is 14.8. The molecule has 0 radical (unpaired) electrons. The first kappa shape index (κ1) is 17.4. The van der Waals surface area contributed by atoms with E-state index in [-0.39, 0.29) is 6.61 Å². The Morgan fingerprint density at radius 2 is 2.25 bits per heavy atom. The Hall–Kier alpha value is -0.680. The summed E-state index contributed by atoms with van der Waals surface area (Å²) < 4.78 is 1.13. The average molecular weight is 341 g/mol. The van der Waals surface area contributed by atoms with Crippen LogP contribution in [0.5, 0.6) is 0 Å². The van der Waals surface area contributed by atoms with Gasteiger partial charge in [-0.15, -0.1) is 6.58 Å². The third-order valence-electron chi connectivity index (χ3n) is 3.07. The second kappa shape index (κ2) is 10.1. The highest BCUT2D eigenvalue weighted by Gasteiger charge is 2.07. The number of aliphatic hydroxyl groups excluding tert-OH is 1. The Morgan fingerprint density at radius 3 is 2.85 bits per heavy atom. The van der Waals surface area contributed by atoms with E-state index in [1.165, 1.54) is 11.1 Å². The Labute approximate surface area is 130 Å². The molecule has 20 heavy (non-hydrogen) atoms. The van der Waals surface area contributed by atoms with Crippen molar-refractivity contribution < 1.29 is 5.11 Å². The van der Waals surface area contributed by atoms with Crippen LogP contribution in [0.1, 0.15) is 24.5 Å². The first-order valence-corrected chi connectivity index (χ1v) is 7.92. The smallest absolute Gasteiger partial charge is 0.0558 e. The molecule has 0 unspecified atom stereocenters. The van der Waals surface area contributed by atoms with Crippen molar-refractivity contribution in [2.45, 2.75) is 26.4 Å². The van der Waals surface area contributed by atoms with Crippen molar-refractivity contribution in [2.24, 2.45) is 0 Å². The number of aliphatic hydroxyl groups is 1. The van der Waals surface area contributed by atoms with E-state index in [2.05, 4.69) is 57.8 Å². The van der Waals surface area contributed by atoms with E-state index < -0.39 is 0 Å². The van der Waals surface area contributed by atoms with Gasteiger partial charge in [0.25, 0.3) is 0 Å². The average Bonchev–Trinajstić information content (AvgIpc) is 2.42. The fourth-order valence-electron chi connectivity index (χ4n) is 2.04. The van der Waals surface area contributed by atoms with Gasteiger partial charge in [0, 0.05) is 30.7 Å². The molecule has 0 aromatic heterocycles. The van der Waals surface area contributed by atoms with Crippen molar-refractivity contribution in [1.82, 2.24) is 10.2 Å². The van der Waals surface area contributed by atoms with Gasteiger partial charge in [-0.25, -0.2) is 0 Å². The molecule has 4 heteroatoms. The molecule has 0 saturated heterocycles. The van der Waals surface area contributed by atoms with Crippen LogP contribution in [0.4, 0.5) is 0 Å². The van der Waals surface area contributed by atoms with Crippen molar-refractivity contribution in [1.29, 1.82) is 0 Å². The largest absolute Gasteiger partial charge is 0.395 e. The normalized spacial score (nSPS) is 11.0. The third kappa shape index (κ3) is 6.18. The van der Waals surface area contributed by atoms with Crippen molar-refractivity contribution >= 4 is 15.9 Å². The quantitative estimate of drug-likeness (QED) is 0.507. The van der Waals surface area contributed by atoms with Crippen LogP contribution in [0.15, 0.2) is 35.3 Å². The van der Waals surface area contributed by atoms with Gasteiger partial charge in [-0.05, 0) is 30.2 Å². The second-order valence-corrected chi connectivity index (χ2v) is 5.70. The number of halogens is 1. The van der Waals surface area contributed by atoms with Crippen molar-refractivity contribution in [3.63, 3.8) is 0 Å². The molecule has 3 nitrogen and oxygen atoms in total. The van der Waals surface area contributed by atoms with Gasteiger partial charge in [0.05, 0.1) is 6.61 Å². The lowest BCUT2D eigenvalue weighted by Crippen LogP contribution is -2.26. The Kier molecular flexibility index (Phi) is 8.78. The summed E-state index contributed by atoms with van der Waals surface area (Å²) in [5, 5.41) is 12.5. The van der Waals surface area contributed by atoms with Gasteiger partial charge < -0.3 is 10.4 Å². The molecular weight excluding hydrogens is 316 g/mol. The van der Waals surface area contributed by atoms with Crippen LogP contribution in [0, 0.1) is 0 Å². The monoisotopic (exact) mass is 340 g/mol. The van der Waals surface area contributed by atoms with Crippen LogP contribution in [0.25, 0.3) is 0 Å². The van der Waals surface area contributed by atoms with E-state index in [1.54, 1.807) is 0 Å². The van der Waals surface area contributed by atoms with E-state index in [0.29, 0.717) is 6.54 Å². The maximum atomic E-state index is 9.08. The lowest BCUT2D eigenvalue weighted by atomic mass is 10.1. The van der Waals surface area contributed by atoms with Gasteiger partial charge in [-0.3, -0.25) is 4.90 Å². The predicted octanol–water partition coefficient (Wildman–Crippen LogP) is 2.93. The van der Waals surface area contributed by atoms with Gasteiger partial charge in [0.1, 0.15) is 0 Å². The van der Waals surface area contributed by atoms with Crippen LogP contribution < -0.4 is 5.32 Å². The topological polar surface area (TPSA) is 35.5 Å². The molecule has 0 amide bonds. The molecule has 2 N–H and O–H groups in total. The summed E-state index contributed by atoms with van der Waals surface area (Å²) in [6.07, 6.45) is 3.02. The lowest BCUT2D eigenvalue weighted by Gasteiger charge is -2.20. The molecule has 0 spiro atoms. The first-order valence-electron chi connectivity index (χ1n) is 7.13. The molecule has 0 aliphatic rings. The number of nitrogens with one attached hydrogen (secondary N) is 1. The van der Waals surface area contributed by atoms with Crippen LogP contribution in [-0.4, -0.2) is 36.2 Å². The Balaban J connectivity index is 2.63. The summed E-state index contributed by atoms with van der Waals surface area (Å²) in [4.78, 5) is 2.17. The molecule has 1 aromatic rings. The van der Waals surface area contributed by atoms with Crippen LogP contribution in [-0.2, 0) is 13.1 Å². The summed E-state index contributed by atoms with van der Waals surface area (Å²) in [6.45, 7) is 10.3. The van der Waals surface area contributed by atoms with Crippen LogP contribution in [0.3, 0.4) is 0 Å². The SMILES string of the molecule is C=CCN(CCO)Cc1ccc(CNCCC)cc1Br. The number of nitrogens with zero attached hydrogens (tertiary/aromatic N) is 1. The molecular formula is C16H25BrN2O. The van der Waals surface area contributed by atoms with E-state index in [9.17, 15) is 0 Å². The number of hydrogen-bond acceptors (Lipinski definition) is 3. The van der Waals surface area contributed by atoms with Gasteiger partial charge in [0.15, 0.2) is 0 Å². The molecule has 1 aromatic carbocycles. The minimum Gasteiger partial charge on any atom is -0.395 e. The van der Waals surface area contributed by atoms with Gasteiger partial charge in [-0.1, -0.05) is 41.1 Å². The van der Waals surface area contributed by atoms with Crippen LogP contribution in [0.2, 0.25) is 0 Å². The highest BCUT2D eigenvalue weighted by Crippen LogP contribution is 2.20. The van der Waals surface area contributed by atoms with Gasteiger partial charge in [0.2, 0.25) is 0 Å². The Morgan fingerprint density at radius 1 is 1.45 bits per heavy atom. The number of rotatable bonds is 10. The molecule has 0 saturated carbocycles. The zero-order valence-corrected chi connectivity index (χ0v) is 13.8. The molecule has 0 aliphatic carbocycles. The van der Waals surface area contributed by atoms with Crippen LogP contribution >= 0.6 is 15.9 Å². The second-order valence-electron chi connectivity index (χ2n) is 4.85. The van der Waals surface area contributed by atoms with E-state index >= 15 is 0 Å². The summed E-state index contributed by atoms with van der Waals surface area (Å²) in [5.74, 6) is 0. The molecule has 0 fully saturated rings. The van der Waals surface area contributed by atoms with Gasteiger partial charge in [-0.2, -0.15) is 0 Å². The maximum Gasteiger partial charge on any atom is 0.0558 e. The fourth-order valence-corrected chi connectivity index (χ4v) is 2.59. The zero-order valence-electron chi connectivity index (χ0n) is 12.2. The first-order chi connectivity index (χ1) is 9.71. The van der Waals surface area contributed by atoms with Crippen molar-refractivity contribution in [2.75, 3.05) is 26.2 Å². The molecule has 0 bridgehead atoms. The minimum absolute atomic E-state index is 0.171. The summed E-state index contributed by atoms with van der Waals surface area (Å²) in [7, 11) is 0. The lowest BCUT2D eigenvalue weighted by molar-refractivity contribution is 0.203. The summed E-state index contributed by atoms with van der Waals surface area (Å²) in [6, 6.07) is 6.48. The van der Waals surface area contributed by atoms with Crippen molar-refractivity contribution in [3.05, 3.63) is 46.5 Å². The maximum absolute atomic E-state index is 9.08. The molecule has 0 atom stereocenters. The van der Waals surface area contributed by atoms with Crippen molar-refractivity contribution in [3.8, 4) is 0 Å². The highest BCUT2D eigenvalue weighted by molar-refractivity contribution is 9.10. The van der Waals surface area contributed by atoms with E-state index in [1.807, 2.05) is 6.08 Å². The highest BCUT2D eigenvalue weighted by atomic mass is 79.9. The van der Waals surface area contributed by atoms with E-state index in [0.717, 1.165) is 37.1 Å². The Bertz CT molecular complexity index is 409. The van der Waals surface area contributed by atoms with Gasteiger partial charge >= 0.3 is 0 Å².